The maximum atomic E-state index is 12.1. The summed E-state index contributed by atoms with van der Waals surface area (Å²) < 4.78 is 9.97. The van der Waals surface area contributed by atoms with Gasteiger partial charge in [-0.2, -0.15) is 0 Å². The third-order valence-electron chi connectivity index (χ3n) is 2.35. The highest BCUT2D eigenvalue weighted by molar-refractivity contribution is 6.06. The predicted molar refractivity (Wildman–Crippen MR) is 74.2 cm³/mol. The molecule has 0 heterocycles. The van der Waals surface area contributed by atoms with Crippen LogP contribution in [0.5, 0.6) is 0 Å². The summed E-state index contributed by atoms with van der Waals surface area (Å²) in [6.45, 7) is 6.50. The first-order valence-electron chi connectivity index (χ1n) is 6.43. The van der Waals surface area contributed by atoms with E-state index in [1.54, 1.807) is 27.7 Å². The lowest BCUT2D eigenvalue weighted by Crippen LogP contribution is -2.20. The van der Waals surface area contributed by atoms with E-state index in [1.165, 1.54) is 12.1 Å². The van der Waals surface area contributed by atoms with Gasteiger partial charge in [-0.15, -0.1) is 0 Å². The molecule has 0 bridgehead atoms. The maximum Gasteiger partial charge on any atom is 0.346 e. The highest BCUT2D eigenvalue weighted by Crippen LogP contribution is 2.25. The minimum absolute atomic E-state index is 0.177. The lowest BCUT2D eigenvalue weighted by Gasteiger charge is -2.13. The molecule has 21 heavy (non-hydrogen) atoms. The zero-order valence-electron chi connectivity index (χ0n) is 12.3. The number of esters is 2. The van der Waals surface area contributed by atoms with Crippen molar-refractivity contribution in [3.8, 4) is 0 Å². The minimum atomic E-state index is -0.923. The van der Waals surface area contributed by atoms with Gasteiger partial charge in [0, 0.05) is 6.07 Å². The molecule has 114 valence electrons. The van der Waals surface area contributed by atoms with E-state index >= 15 is 0 Å². The van der Waals surface area contributed by atoms with E-state index < -0.39 is 34.8 Å². The number of rotatable bonds is 5. The molecule has 0 aromatic heterocycles. The number of hydrogen-bond donors (Lipinski definition) is 0. The number of carbonyl (C=O) groups excluding carboxylic acids is 2. The van der Waals surface area contributed by atoms with E-state index in [-0.39, 0.29) is 11.1 Å². The SMILES string of the molecule is CC(C)OC(=O)c1cccc([N+](=O)[O-])c1C(=O)OC(C)C. The van der Waals surface area contributed by atoms with E-state index in [9.17, 15) is 19.7 Å². The van der Waals surface area contributed by atoms with Gasteiger partial charge in [0.1, 0.15) is 0 Å². The third kappa shape index (κ3) is 4.27. The van der Waals surface area contributed by atoms with Crippen molar-refractivity contribution in [3.63, 3.8) is 0 Å². The lowest BCUT2D eigenvalue weighted by atomic mass is 10.1. The van der Waals surface area contributed by atoms with Crippen LogP contribution in [0.1, 0.15) is 48.4 Å². The smallest absolute Gasteiger partial charge is 0.346 e. The summed E-state index contributed by atoms with van der Waals surface area (Å²) in [5.41, 5.74) is -1.05. The van der Waals surface area contributed by atoms with Crippen molar-refractivity contribution in [3.05, 3.63) is 39.4 Å². The van der Waals surface area contributed by atoms with Gasteiger partial charge in [0.2, 0.25) is 0 Å². The molecule has 1 aromatic rings. The van der Waals surface area contributed by atoms with Crippen LogP contribution in [-0.2, 0) is 9.47 Å². The van der Waals surface area contributed by atoms with E-state index in [0.29, 0.717) is 0 Å². The van der Waals surface area contributed by atoms with E-state index in [1.807, 2.05) is 0 Å². The summed E-state index contributed by atoms with van der Waals surface area (Å²) in [7, 11) is 0. The van der Waals surface area contributed by atoms with Gasteiger partial charge in [0.05, 0.1) is 22.7 Å². The predicted octanol–water partition coefficient (Wildman–Crippen LogP) is 2.73. The van der Waals surface area contributed by atoms with Crippen molar-refractivity contribution in [2.45, 2.75) is 39.9 Å². The van der Waals surface area contributed by atoms with Crippen LogP contribution in [0.2, 0.25) is 0 Å². The van der Waals surface area contributed by atoms with Crippen molar-refractivity contribution in [1.29, 1.82) is 0 Å². The minimum Gasteiger partial charge on any atom is -0.459 e. The fourth-order valence-electron chi connectivity index (χ4n) is 1.63. The average Bonchev–Trinajstić information content (AvgIpc) is 2.35. The molecule has 0 radical (unpaired) electrons. The fourth-order valence-corrected chi connectivity index (χ4v) is 1.63. The van der Waals surface area contributed by atoms with Gasteiger partial charge < -0.3 is 9.47 Å². The molecular weight excluding hydrogens is 278 g/mol. The first-order chi connectivity index (χ1) is 9.73. The Bertz CT molecular complexity index is 565. The topological polar surface area (TPSA) is 95.7 Å². The molecule has 0 aliphatic rings. The van der Waals surface area contributed by atoms with Crippen molar-refractivity contribution >= 4 is 17.6 Å². The number of ether oxygens (including phenoxy) is 2. The van der Waals surface area contributed by atoms with E-state index in [2.05, 4.69) is 0 Å². The Labute approximate surface area is 122 Å². The summed E-state index contributed by atoms with van der Waals surface area (Å²) in [5.74, 6) is -1.72. The van der Waals surface area contributed by atoms with E-state index in [0.717, 1.165) is 6.07 Å². The number of hydrogen-bond acceptors (Lipinski definition) is 6. The quantitative estimate of drug-likeness (QED) is 0.471. The third-order valence-corrected chi connectivity index (χ3v) is 2.35. The van der Waals surface area contributed by atoms with Crippen LogP contribution < -0.4 is 0 Å². The normalized spacial score (nSPS) is 10.6. The molecule has 1 rings (SSSR count). The molecule has 0 fully saturated rings. The number of nitro groups is 1. The van der Waals surface area contributed by atoms with Gasteiger partial charge in [-0.25, -0.2) is 9.59 Å². The molecule has 0 saturated heterocycles. The second-order valence-corrected chi connectivity index (χ2v) is 4.86. The molecule has 0 N–H and O–H groups in total. The molecule has 0 unspecified atom stereocenters. The second kappa shape index (κ2) is 6.83. The fraction of sp³-hybridized carbons (Fsp3) is 0.429. The molecule has 0 aliphatic carbocycles. The summed E-state index contributed by atoms with van der Waals surface area (Å²) in [6, 6.07) is 3.76. The van der Waals surface area contributed by atoms with Gasteiger partial charge >= 0.3 is 11.9 Å². The average molecular weight is 295 g/mol. The summed E-state index contributed by atoms with van der Waals surface area (Å²) in [4.78, 5) is 34.4. The maximum absolute atomic E-state index is 12.1. The van der Waals surface area contributed by atoms with Gasteiger partial charge in [0.25, 0.3) is 5.69 Å². The number of carbonyl (C=O) groups is 2. The molecule has 0 aliphatic heterocycles. The monoisotopic (exact) mass is 295 g/mol. The van der Waals surface area contributed by atoms with Crippen LogP contribution in [0.15, 0.2) is 18.2 Å². The van der Waals surface area contributed by atoms with Crippen LogP contribution in [0, 0.1) is 10.1 Å². The summed E-state index contributed by atoms with van der Waals surface area (Å²) in [6.07, 6.45) is -0.878. The van der Waals surface area contributed by atoms with Gasteiger partial charge in [0.15, 0.2) is 5.56 Å². The number of nitro benzene ring substituents is 1. The molecule has 0 saturated carbocycles. The zero-order valence-corrected chi connectivity index (χ0v) is 12.3. The van der Waals surface area contributed by atoms with Crippen LogP contribution in [-0.4, -0.2) is 29.1 Å². The molecule has 0 atom stereocenters. The Morgan fingerprint density at radius 2 is 1.57 bits per heavy atom. The second-order valence-electron chi connectivity index (χ2n) is 4.86. The van der Waals surface area contributed by atoms with Gasteiger partial charge in [-0.1, -0.05) is 6.07 Å². The Morgan fingerprint density at radius 3 is 2.05 bits per heavy atom. The molecular formula is C14H17NO6. The Balaban J connectivity index is 3.36. The van der Waals surface area contributed by atoms with E-state index in [4.69, 9.17) is 9.47 Å². The largest absolute Gasteiger partial charge is 0.459 e. The molecule has 0 spiro atoms. The molecule has 7 nitrogen and oxygen atoms in total. The summed E-state index contributed by atoms with van der Waals surface area (Å²) in [5, 5.41) is 11.1. The Morgan fingerprint density at radius 1 is 1.05 bits per heavy atom. The Kier molecular flexibility index (Phi) is 5.40. The number of benzene rings is 1. The standard InChI is InChI=1S/C14H17NO6/c1-8(2)20-13(16)10-6-5-7-11(15(18)19)12(10)14(17)21-9(3)4/h5-9H,1-4H3. The van der Waals surface area contributed by atoms with Gasteiger partial charge in [-0.05, 0) is 33.8 Å². The molecule has 7 heteroatoms. The zero-order chi connectivity index (χ0) is 16.2. The first-order valence-corrected chi connectivity index (χ1v) is 6.43. The van der Waals surface area contributed by atoms with Gasteiger partial charge in [-0.3, -0.25) is 10.1 Å². The van der Waals surface area contributed by atoms with Crippen LogP contribution in [0.3, 0.4) is 0 Å². The summed E-state index contributed by atoms with van der Waals surface area (Å²) >= 11 is 0. The van der Waals surface area contributed by atoms with Crippen molar-refractivity contribution in [2.75, 3.05) is 0 Å². The lowest BCUT2D eigenvalue weighted by molar-refractivity contribution is -0.385. The Hall–Kier alpha value is -2.44. The van der Waals surface area contributed by atoms with Crippen molar-refractivity contribution < 1.29 is 24.0 Å². The van der Waals surface area contributed by atoms with Crippen LogP contribution in [0.25, 0.3) is 0 Å². The molecule has 1 aromatic carbocycles. The van der Waals surface area contributed by atoms with Crippen molar-refractivity contribution in [1.82, 2.24) is 0 Å². The highest BCUT2D eigenvalue weighted by atomic mass is 16.6. The highest BCUT2D eigenvalue weighted by Gasteiger charge is 2.29. The van der Waals surface area contributed by atoms with Crippen LogP contribution in [0.4, 0.5) is 5.69 Å². The molecule has 0 amide bonds. The van der Waals surface area contributed by atoms with Crippen molar-refractivity contribution in [2.24, 2.45) is 0 Å². The first kappa shape index (κ1) is 16.6. The van der Waals surface area contributed by atoms with Crippen LogP contribution >= 0.6 is 0 Å². The number of nitrogens with zero attached hydrogens (tertiary/aromatic N) is 1.